The highest BCUT2D eigenvalue weighted by molar-refractivity contribution is 5.71. The number of fused-ring (bicyclic) bond motifs is 5. The van der Waals surface area contributed by atoms with Gasteiger partial charge in [-0.25, -0.2) is 0 Å². The maximum absolute atomic E-state index is 11.7. The minimum absolute atomic E-state index is 0.0175. The molecule has 3 nitrogen and oxygen atoms in total. The van der Waals surface area contributed by atoms with Crippen LogP contribution in [0.5, 0.6) is 0 Å². The molecule has 4 aliphatic rings. The maximum Gasteiger partial charge on any atom is 0.306 e. The molecule has 1 aliphatic heterocycles. The van der Waals surface area contributed by atoms with Crippen molar-refractivity contribution < 1.29 is 14.6 Å². The lowest BCUT2D eigenvalue weighted by atomic mass is 9.50. The Hall–Kier alpha value is -1.09. The summed E-state index contributed by atoms with van der Waals surface area (Å²) in [5, 5.41) is 9.93. The van der Waals surface area contributed by atoms with E-state index in [1.165, 1.54) is 5.57 Å². The molecule has 1 saturated heterocycles. The van der Waals surface area contributed by atoms with Crippen LogP contribution in [0, 0.1) is 23.2 Å². The topological polar surface area (TPSA) is 46.5 Å². The fraction of sp³-hybridized carbons (Fsp3) is 0.737. The zero-order valence-corrected chi connectivity index (χ0v) is 13.5. The van der Waals surface area contributed by atoms with Crippen molar-refractivity contribution in [3.63, 3.8) is 0 Å². The van der Waals surface area contributed by atoms with Crippen molar-refractivity contribution in [1.29, 1.82) is 0 Å². The van der Waals surface area contributed by atoms with E-state index in [1.54, 1.807) is 0 Å². The molecule has 0 amide bonds. The summed E-state index contributed by atoms with van der Waals surface area (Å²) in [7, 11) is 0. The molecule has 0 bridgehead atoms. The molecule has 0 radical (unpaired) electrons. The Morgan fingerprint density at radius 3 is 2.91 bits per heavy atom. The van der Waals surface area contributed by atoms with Crippen LogP contribution < -0.4 is 0 Å². The summed E-state index contributed by atoms with van der Waals surface area (Å²) in [5.74, 6) is 1.68. The normalized spacial score (nSPS) is 50.3. The minimum Gasteiger partial charge on any atom is -0.459 e. The van der Waals surface area contributed by atoms with Crippen molar-refractivity contribution in [3.8, 4) is 0 Å². The molecule has 1 N–H and O–H groups in total. The second-order valence-electron chi connectivity index (χ2n) is 8.12. The highest BCUT2D eigenvalue weighted by atomic mass is 16.6. The predicted molar refractivity (Wildman–Crippen MR) is 84.0 cm³/mol. The van der Waals surface area contributed by atoms with Gasteiger partial charge in [-0.3, -0.25) is 4.79 Å². The van der Waals surface area contributed by atoms with Gasteiger partial charge in [0.1, 0.15) is 5.60 Å². The number of hydrogen-bond donors (Lipinski definition) is 1. The van der Waals surface area contributed by atoms with Crippen LogP contribution in [-0.2, 0) is 9.53 Å². The Morgan fingerprint density at radius 2 is 2.09 bits per heavy atom. The molecule has 0 spiro atoms. The molecule has 1 saturated carbocycles. The second-order valence-corrected chi connectivity index (χ2v) is 8.12. The van der Waals surface area contributed by atoms with Gasteiger partial charge in [-0.05, 0) is 50.9 Å². The van der Waals surface area contributed by atoms with Gasteiger partial charge in [0.2, 0.25) is 0 Å². The van der Waals surface area contributed by atoms with E-state index in [1.807, 2.05) is 6.08 Å². The Morgan fingerprint density at radius 1 is 1.27 bits per heavy atom. The molecule has 0 aromatic carbocycles. The number of aliphatic hydroxyl groups is 1. The molecular formula is C19H26O3. The van der Waals surface area contributed by atoms with Crippen LogP contribution in [0.3, 0.4) is 0 Å². The number of ether oxygens (including phenoxy) is 1. The average molecular weight is 302 g/mol. The van der Waals surface area contributed by atoms with Crippen LogP contribution in [0.2, 0.25) is 0 Å². The molecule has 0 unspecified atom stereocenters. The van der Waals surface area contributed by atoms with E-state index in [-0.39, 0.29) is 23.1 Å². The third kappa shape index (κ3) is 1.94. The SMILES string of the molecule is C[C@]12C=C[C@H](O)CC1=CC[C@@H]1[C@@H]2CC[C@]2(C)OC(=O)CC[C@@H]12. The van der Waals surface area contributed by atoms with Crippen molar-refractivity contribution in [3.05, 3.63) is 23.8 Å². The number of carbonyl (C=O) groups excluding carboxylic acids is 1. The van der Waals surface area contributed by atoms with E-state index in [0.29, 0.717) is 24.2 Å². The summed E-state index contributed by atoms with van der Waals surface area (Å²) < 4.78 is 5.80. The Labute approximate surface area is 132 Å². The van der Waals surface area contributed by atoms with Gasteiger partial charge >= 0.3 is 5.97 Å². The Kier molecular flexibility index (Phi) is 3.10. The van der Waals surface area contributed by atoms with Crippen LogP contribution in [0.4, 0.5) is 0 Å². The first-order valence-electron chi connectivity index (χ1n) is 8.71. The maximum atomic E-state index is 11.7. The van der Waals surface area contributed by atoms with E-state index in [2.05, 4.69) is 26.0 Å². The smallest absolute Gasteiger partial charge is 0.306 e. The van der Waals surface area contributed by atoms with Gasteiger partial charge in [-0.1, -0.05) is 30.7 Å². The van der Waals surface area contributed by atoms with Gasteiger partial charge in [0.05, 0.1) is 6.10 Å². The molecule has 22 heavy (non-hydrogen) atoms. The van der Waals surface area contributed by atoms with Crippen molar-refractivity contribution in [1.82, 2.24) is 0 Å². The van der Waals surface area contributed by atoms with Crippen LogP contribution in [0.15, 0.2) is 23.8 Å². The lowest BCUT2D eigenvalue weighted by molar-refractivity contribution is -0.191. The molecule has 1 heterocycles. The zero-order chi connectivity index (χ0) is 15.5. The number of allylic oxidation sites excluding steroid dienone is 2. The molecule has 0 aromatic heterocycles. The van der Waals surface area contributed by atoms with Crippen LogP contribution in [0.25, 0.3) is 0 Å². The monoisotopic (exact) mass is 302 g/mol. The lowest BCUT2D eigenvalue weighted by Crippen LogP contribution is -2.55. The second kappa shape index (κ2) is 4.70. The summed E-state index contributed by atoms with van der Waals surface area (Å²) in [6.45, 7) is 4.49. The van der Waals surface area contributed by atoms with Crippen molar-refractivity contribution in [2.75, 3.05) is 0 Å². The quantitative estimate of drug-likeness (QED) is 0.551. The van der Waals surface area contributed by atoms with Crippen LogP contribution in [-0.4, -0.2) is 22.8 Å². The average Bonchev–Trinajstić information content (AvgIpc) is 2.46. The van der Waals surface area contributed by atoms with Gasteiger partial charge in [0, 0.05) is 17.8 Å². The van der Waals surface area contributed by atoms with Crippen LogP contribution >= 0.6 is 0 Å². The van der Waals surface area contributed by atoms with Crippen LogP contribution in [0.1, 0.15) is 52.4 Å². The fourth-order valence-electron chi connectivity index (χ4n) is 5.75. The van der Waals surface area contributed by atoms with Gasteiger partial charge in [-0.15, -0.1) is 0 Å². The highest BCUT2D eigenvalue weighted by Crippen LogP contribution is 2.59. The lowest BCUT2D eigenvalue weighted by Gasteiger charge is -2.57. The zero-order valence-electron chi connectivity index (χ0n) is 13.5. The van der Waals surface area contributed by atoms with Crippen molar-refractivity contribution in [2.45, 2.75) is 64.1 Å². The largest absolute Gasteiger partial charge is 0.459 e. The number of rotatable bonds is 0. The van der Waals surface area contributed by atoms with E-state index in [0.717, 1.165) is 32.1 Å². The minimum atomic E-state index is -0.319. The number of carbonyl (C=O) groups is 1. The summed E-state index contributed by atoms with van der Waals surface area (Å²) in [6, 6.07) is 0. The Balaban J connectivity index is 1.69. The van der Waals surface area contributed by atoms with E-state index in [4.69, 9.17) is 4.74 Å². The number of esters is 1. The Bertz CT molecular complexity index is 563. The summed E-state index contributed by atoms with van der Waals surface area (Å²) in [4.78, 5) is 11.7. The van der Waals surface area contributed by atoms with E-state index < -0.39 is 0 Å². The molecule has 6 atom stereocenters. The first-order chi connectivity index (χ1) is 10.4. The summed E-state index contributed by atoms with van der Waals surface area (Å²) >= 11 is 0. The third-order valence-corrected chi connectivity index (χ3v) is 6.97. The number of hydrogen-bond acceptors (Lipinski definition) is 3. The number of aliphatic hydroxyl groups excluding tert-OH is 1. The first kappa shape index (κ1) is 14.5. The van der Waals surface area contributed by atoms with Crippen molar-refractivity contribution >= 4 is 5.97 Å². The predicted octanol–water partition coefficient (Wildman–Crippen LogP) is 3.38. The van der Waals surface area contributed by atoms with Gasteiger partial charge in [0.25, 0.3) is 0 Å². The third-order valence-electron chi connectivity index (χ3n) is 6.97. The van der Waals surface area contributed by atoms with Gasteiger partial charge < -0.3 is 9.84 Å². The molecule has 3 heteroatoms. The van der Waals surface area contributed by atoms with Crippen molar-refractivity contribution in [2.24, 2.45) is 23.2 Å². The molecule has 3 aliphatic carbocycles. The summed E-state index contributed by atoms with van der Waals surface area (Å²) in [6.07, 6.45) is 11.8. The molecule has 0 aromatic rings. The standard InChI is InChI=1S/C19H26O3/c1-18-9-7-13(20)11-12(18)3-4-14-15(18)8-10-19(2)16(14)5-6-17(21)22-19/h3,7,9,13-16,20H,4-6,8,10-11H2,1-2H3/t13-,14+,15-,16-,18-,19-/m0/s1. The van der Waals surface area contributed by atoms with Gasteiger partial charge in [0.15, 0.2) is 0 Å². The molecular weight excluding hydrogens is 276 g/mol. The van der Waals surface area contributed by atoms with E-state index in [9.17, 15) is 9.90 Å². The van der Waals surface area contributed by atoms with E-state index >= 15 is 0 Å². The first-order valence-corrected chi connectivity index (χ1v) is 8.71. The molecule has 2 fully saturated rings. The molecule has 120 valence electrons. The van der Waals surface area contributed by atoms with Gasteiger partial charge in [-0.2, -0.15) is 0 Å². The molecule has 4 rings (SSSR count). The highest BCUT2D eigenvalue weighted by Gasteiger charge is 2.56. The fourth-order valence-corrected chi connectivity index (χ4v) is 5.75. The summed E-state index contributed by atoms with van der Waals surface area (Å²) in [5.41, 5.74) is 1.25.